The van der Waals surface area contributed by atoms with Crippen LogP contribution in [0.15, 0.2) is 12.2 Å². The lowest BCUT2D eigenvalue weighted by Gasteiger charge is -2.20. The van der Waals surface area contributed by atoms with Crippen molar-refractivity contribution >= 4 is 35.6 Å². The van der Waals surface area contributed by atoms with E-state index in [1.807, 2.05) is 0 Å². The molecule has 0 radical (unpaired) electrons. The fourth-order valence-electron chi connectivity index (χ4n) is 4.90. The number of hydrogen-bond acceptors (Lipinski definition) is 7. The maximum atomic E-state index is 12.7. The number of amides is 3. The number of carbonyl (C=O) groups is 6. The van der Waals surface area contributed by atoms with Crippen molar-refractivity contribution in [3.63, 3.8) is 0 Å². The van der Waals surface area contributed by atoms with Crippen LogP contribution in [0.25, 0.3) is 0 Å². The molecule has 0 spiro atoms. The van der Waals surface area contributed by atoms with Gasteiger partial charge in [0.2, 0.25) is 17.7 Å². The second-order valence-corrected chi connectivity index (χ2v) is 11.9. The molecular weight excluding hydrogens is 594 g/mol. The minimum absolute atomic E-state index is 0.123. The van der Waals surface area contributed by atoms with Gasteiger partial charge < -0.3 is 30.9 Å². The molecule has 12 heteroatoms. The zero-order valence-electron chi connectivity index (χ0n) is 28.3. The van der Waals surface area contributed by atoms with Crippen molar-refractivity contribution in [2.45, 2.75) is 160 Å². The standard InChI is InChI=1S/C34H59N3O9/c1-4-5-6-7-8-9-10-11-12-13-14-15-16-17-18-22-29(38)35-26(2)32(42)37-28(34(45)46-3)24-25-30(39)36-27(33(43)44)21-19-20-23-31(40)41/h19-20,26-28H,4-18,21-25H2,1-3H3,(H,35,38)(H,36,39)(H,37,42)(H,40,41)(H,43,44)/t26-,27?,28+/m0/s1. The highest BCUT2D eigenvalue weighted by Crippen LogP contribution is 2.14. The molecule has 0 aromatic rings. The van der Waals surface area contributed by atoms with Gasteiger partial charge in [-0.05, 0) is 26.2 Å². The number of carboxylic acids is 2. The van der Waals surface area contributed by atoms with Gasteiger partial charge in [-0.1, -0.05) is 109 Å². The number of carbonyl (C=O) groups excluding carboxylic acids is 4. The van der Waals surface area contributed by atoms with Crippen molar-refractivity contribution < 1.29 is 43.7 Å². The van der Waals surface area contributed by atoms with Crippen molar-refractivity contribution in [1.82, 2.24) is 16.0 Å². The third kappa shape index (κ3) is 23.9. The minimum Gasteiger partial charge on any atom is -0.481 e. The summed E-state index contributed by atoms with van der Waals surface area (Å²) in [6.45, 7) is 3.74. The van der Waals surface area contributed by atoms with Gasteiger partial charge in [0.1, 0.15) is 18.1 Å². The van der Waals surface area contributed by atoms with Crippen LogP contribution in [0.4, 0.5) is 0 Å². The van der Waals surface area contributed by atoms with Crippen LogP contribution in [0, 0.1) is 0 Å². The van der Waals surface area contributed by atoms with Gasteiger partial charge in [0.05, 0.1) is 13.5 Å². The number of unbranched alkanes of at least 4 members (excludes halogenated alkanes) is 14. The molecule has 0 aromatic heterocycles. The SMILES string of the molecule is CCCCCCCCCCCCCCCCCC(=O)N[C@@H](C)C(=O)N[C@H](CCC(=O)NC(CC=CCC(=O)O)C(=O)O)C(=O)OC. The minimum atomic E-state index is -1.31. The van der Waals surface area contributed by atoms with E-state index in [0.29, 0.717) is 6.42 Å². The van der Waals surface area contributed by atoms with Crippen molar-refractivity contribution in [3.8, 4) is 0 Å². The van der Waals surface area contributed by atoms with Crippen molar-refractivity contribution in [2.24, 2.45) is 0 Å². The molecule has 0 aliphatic carbocycles. The quantitative estimate of drug-likeness (QED) is 0.0412. The normalized spacial score (nSPS) is 13.0. The first-order valence-electron chi connectivity index (χ1n) is 17.1. The van der Waals surface area contributed by atoms with Crippen LogP contribution in [0.2, 0.25) is 0 Å². The molecule has 0 aliphatic rings. The zero-order chi connectivity index (χ0) is 34.6. The summed E-state index contributed by atoms with van der Waals surface area (Å²) in [5, 5.41) is 25.4. The van der Waals surface area contributed by atoms with Gasteiger partial charge in [0.15, 0.2) is 0 Å². The lowest BCUT2D eigenvalue weighted by molar-refractivity contribution is -0.146. The van der Waals surface area contributed by atoms with E-state index >= 15 is 0 Å². The summed E-state index contributed by atoms with van der Waals surface area (Å²) in [4.78, 5) is 71.6. The number of rotatable bonds is 29. The van der Waals surface area contributed by atoms with E-state index in [1.165, 1.54) is 89.7 Å². The topological polar surface area (TPSA) is 188 Å². The number of methoxy groups -OCH3 is 1. The molecule has 0 saturated heterocycles. The highest BCUT2D eigenvalue weighted by Gasteiger charge is 2.26. The second-order valence-electron chi connectivity index (χ2n) is 11.9. The number of esters is 1. The Labute approximate surface area is 274 Å². The maximum Gasteiger partial charge on any atom is 0.328 e. The first-order valence-corrected chi connectivity index (χ1v) is 17.1. The van der Waals surface area contributed by atoms with E-state index in [9.17, 15) is 33.9 Å². The molecule has 12 nitrogen and oxygen atoms in total. The predicted molar refractivity (Wildman–Crippen MR) is 176 cm³/mol. The van der Waals surface area contributed by atoms with Crippen LogP contribution in [-0.4, -0.2) is 71.1 Å². The Hall–Kier alpha value is -3.44. The fourth-order valence-corrected chi connectivity index (χ4v) is 4.90. The molecule has 0 saturated carbocycles. The van der Waals surface area contributed by atoms with E-state index in [-0.39, 0.29) is 31.6 Å². The molecule has 5 N–H and O–H groups in total. The average molecular weight is 654 g/mol. The predicted octanol–water partition coefficient (Wildman–Crippen LogP) is 5.18. The third-order valence-corrected chi connectivity index (χ3v) is 7.70. The van der Waals surface area contributed by atoms with E-state index in [1.54, 1.807) is 0 Å². The number of nitrogens with one attached hydrogen (secondary N) is 3. The van der Waals surface area contributed by atoms with Gasteiger partial charge in [-0.15, -0.1) is 0 Å². The van der Waals surface area contributed by atoms with Gasteiger partial charge in [0.25, 0.3) is 0 Å². The van der Waals surface area contributed by atoms with Crippen LogP contribution in [-0.2, 0) is 33.5 Å². The van der Waals surface area contributed by atoms with Crippen molar-refractivity contribution in [1.29, 1.82) is 0 Å². The molecule has 0 aliphatic heterocycles. The summed E-state index contributed by atoms with van der Waals surface area (Å²) in [5.74, 6) is -4.72. The van der Waals surface area contributed by atoms with Crippen LogP contribution in [0.1, 0.15) is 142 Å². The van der Waals surface area contributed by atoms with E-state index in [4.69, 9.17) is 9.84 Å². The average Bonchev–Trinajstić information content (AvgIpc) is 3.01. The first-order chi connectivity index (χ1) is 22.0. The molecule has 0 heterocycles. The molecule has 0 bridgehead atoms. The molecule has 264 valence electrons. The molecule has 0 fully saturated rings. The fraction of sp³-hybridized carbons (Fsp3) is 0.765. The number of aliphatic carboxylic acids is 2. The maximum absolute atomic E-state index is 12.7. The Morgan fingerprint density at radius 3 is 1.63 bits per heavy atom. The second kappa shape index (κ2) is 27.8. The number of hydrogen-bond donors (Lipinski definition) is 5. The molecule has 1 unspecified atom stereocenters. The van der Waals surface area contributed by atoms with Gasteiger partial charge in [-0.25, -0.2) is 9.59 Å². The Balaban J connectivity index is 4.29. The zero-order valence-corrected chi connectivity index (χ0v) is 28.3. The van der Waals surface area contributed by atoms with E-state index < -0.39 is 47.8 Å². The summed E-state index contributed by atoms with van der Waals surface area (Å²) >= 11 is 0. The van der Waals surface area contributed by atoms with Gasteiger partial charge in [-0.2, -0.15) is 0 Å². The highest BCUT2D eigenvalue weighted by atomic mass is 16.5. The molecule has 3 amide bonds. The lowest BCUT2D eigenvalue weighted by atomic mass is 10.0. The van der Waals surface area contributed by atoms with Gasteiger partial charge in [0, 0.05) is 12.8 Å². The Morgan fingerprint density at radius 2 is 1.15 bits per heavy atom. The molecule has 0 rings (SSSR count). The number of carboxylic acid groups (broad SMARTS) is 2. The molecule has 46 heavy (non-hydrogen) atoms. The summed E-state index contributed by atoms with van der Waals surface area (Å²) in [6.07, 6.45) is 20.5. The summed E-state index contributed by atoms with van der Waals surface area (Å²) in [6, 6.07) is -3.39. The Bertz CT molecular complexity index is 939. The molecule has 0 aromatic carbocycles. The van der Waals surface area contributed by atoms with Gasteiger partial charge in [-0.3, -0.25) is 19.2 Å². The summed E-state index contributed by atoms with van der Waals surface area (Å²) in [7, 11) is 1.13. The van der Waals surface area contributed by atoms with Crippen molar-refractivity contribution in [2.75, 3.05) is 7.11 Å². The van der Waals surface area contributed by atoms with Crippen LogP contribution in [0.5, 0.6) is 0 Å². The van der Waals surface area contributed by atoms with Crippen LogP contribution >= 0.6 is 0 Å². The monoisotopic (exact) mass is 653 g/mol. The largest absolute Gasteiger partial charge is 0.481 e. The molecule has 3 atom stereocenters. The summed E-state index contributed by atoms with van der Waals surface area (Å²) in [5.41, 5.74) is 0. The van der Waals surface area contributed by atoms with E-state index in [0.717, 1.165) is 32.8 Å². The lowest BCUT2D eigenvalue weighted by Crippen LogP contribution is -2.51. The highest BCUT2D eigenvalue weighted by molar-refractivity contribution is 5.91. The third-order valence-electron chi connectivity index (χ3n) is 7.70. The Morgan fingerprint density at radius 1 is 0.652 bits per heavy atom. The smallest absolute Gasteiger partial charge is 0.328 e. The van der Waals surface area contributed by atoms with Crippen LogP contribution < -0.4 is 16.0 Å². The Kier molecular flexibility index (Phi) is 25.8. The van der Waals surface area contributed by atoms with E-state index in [2.05, 4.69) is 22.9 Å². The van der Waals surface area contributed by atoms with Gasteiger partial charge >= 0.3 is 17.9 Å². The van der Waals surface area contributed by atoms with Crippen molar-refractivity contribution in [3.05, 3.63) is 12.2 Å². The summed E-state index contributed by atoms with van der Waals surface area (Å²) < 4.78 is 4.72. The van der Waals surface area contributed by atoms with Crippen LogP contribution in [0.3, 0.4) is 0 Å². The first kappa shape index (κ1) is 42.6. The number of ether oxygens (including phenoxy) is 1. The molecular formula is C34H59N3O9.